The SMILES string of the molecule is CC1=NNC(=O)C1CC(=O)N/N=C/c1c(F)cccc1Cl. The van der Waals surface area contributed by atoms with Crippen LogP contribution in [-0.4, -0.2) is 23.7 Å². The van der Waals surface area contributed by atoms with Crippen molar-refractivity contribution in [1.29, 1.82) is 0 Å². The summed E-state index contributed by atoms with van der Waals surface area (Å²) in [6.07, 6.45) is 1.04. The Labute approximate surface area is 125 Å². The average molecular weight is 311 g/mol. The van der Waals surface area contributed by atoms with Gasteiger partial charge in [0.15, 0.2) is 0 Å². The zero-order valence-corrected chi connectivity index (χ0v) is 11.8. The molecule has 1 unspecified atom stereocenters. The maximum absolute atomic E-state index is 13.4. The summed E-state index contributed by atoms with van der Waals surface area (Å²) in [5.74, 6) is -1.95. The normalized spacial score (nSPS) is 17.8. The summed E-state index contributed by atoms with van der Waals surface area (Å²) in [6, 6.07) is 4.21. The number of carbonyl (C=O) groups is 2. The summed E-state index contributed by atoms with van der Waals surface area (Å²) < 4.78 is 13.4. The summed E-state index contributed by atoms with van der Waals surface area (Å²) in [6.45, 7) is 1.65. The number of benzene rings is 1. The maximum Gasteiger partial charge on any atom is 0.249 e. The molecule has 0 fully saturated rings. The molecule has 0 radical (unpaired) electrons. The largest absolute Gasteiger partial charge is 0.273 e. The number of nitrogens with zero attached hydrogens (tertiary/aromatic N) is 2. The van der Waals surface area contributed by atoms with E-state index in [0.29, 0.717) is 5.71 Å². The van der Waals surface area contributed by atoms with E-state index in [9.17, 15) is 14.0 Å². The minimum Gasteiger partial charge on any atom is -0.273 e. The Bertz CT molecular complexity index is 625. The highest BCUT2D eigenvalue weighted by Crippen LogP contribution is 2.16. The summed E-state index contributed by atoms with van der Waals surface area (Å²) in [7, 11) is 0. The minimum absolute atomic E-state index is 0.0795. The van der Waals surface area contributed by atoms with Crippen LogP contribution in [0.25, 0.3) is 0 Å². The molecule has 8 heteroatoms. The summed E-state index contributed by atoms with van der Waals surface area (Å²) in [5.41, 5.74) is 5.13. The molecule has 0 spiro atoms. The van der Waals surface area contributed by atoms with E-state index in [0.717, 1.165) is 6.21 Å². The molecule has 0 aliphatic carbocycles. The molecule has 6 nitrogen and oxygen atoms in total. The first-order chi connectivity index (χ1) is 9.99. The minimum atomic E-state index is -0.600. The highest BCUT2D eigenvalue weighted by Gasteiger charge is 2.28. The molecule has 2 N–H and O–H groups in total. The number of carbonyl (C=O) groups excluding carboxylic acids is 2. The van der Waals surface area contributed by atoms with Crippen LogP contribution in [0.5, 0.6) is 0 Å². The lowest BCUT2D eigenvalue weighted by Gasteiger charge is -2.05. The van der Waals surface area contributed by atoms with Gasteiger partial charge in [-0.05, 0) is 19.1 Å². The molecule has 0 bridgehead atoms. The van der Waals surface area contributed by atoms with Gasteiger partial charge in [-0.3, -0.25) is 9.59 Å². The standard InChI is InChI=1S/C13H12ClFN4O2/c1-7-8(13(21)19-17-7)5-12(20)18-16-6-9-10(14)3-2-4-11(9)15/h2-4,6,8H,5H2,1H3,(H,18,20)(H,19,21)/b16-6+. The van der Waals surface area contributed by atoms with Crippen molar-refractivity contribution in [3.05, 3.63) is 34.6 Å². The Morgan fingerprint density at radius 3 is 3.00 bits per heavy atom. The van der Waals surface area contributed by atoms with Crippen molar-refractivity contribution in [2.45, 2.75) is 13.3 Å². The first kappa shape index (κ1) is 15.1. The van der Waals surface area contributed by atoms with Crippen LogP contribution in [0.15, 0.2) is 28.4 Å². The van der Waals surface area contributed by atoms with Gasteiger partial charge in [-0.15, -0.1) is 0 Å². The van der Waals surface area contributed by atoms with Crippen molar-refractivity contribution < 1.29 is 14.0 Å². The van der Waals surface area contributed by atoms with Gasteiger partial charge < -0.3 is 0 Å². The molecule has 0 saturated carbocycles. The van der Waals surface area contributed by atoms with E-state index in [1.54, 1.807) is 6.92 Å². The van der Waals surface area contributed by atoms with Gasteiger partial charge in [0.2, 0.25) is 11.8 Å². The number of halogens is 2. The lowest BCUT2D eigenvalue weighted by molar-refractivity contribution is -0.127. The van der Waals surface area contributed by atoms with E-state index in [1.165, 1.54) is 18.2 Å². The topological polar surface area (TPSA) is 82.9 Å². The van der Waals surface area contributed by atoms with Crippen LogP contribution >= 0.6 is 11.6 Å². The van der Waals surface area contributed by atoms with Gasteiger partial charge >= 0.3 is 0 Å². The van der Waals surface area contributed by atoms with Crippen molar-refractivity contribution in [1.82, 2.24) is 10.9 Å². The fourth-order valence-corrected chi connectivity index (χ4v) is 1.97. The Kier molecular flexibility index (Phi) is 4.64. The number of rotatable bonds is 4. The quantitative estimate of drug-likeness (QED) is 0.651. The smallest absolute Gasteiger partial charge is 0.249 e. The second-order valence-corrected chi connectivity index (χ2v) is 4.82. The molecule has 1 aliphatic rings. The maximum atomic E-state index is 13.4. The highest BCUT2D eigenvalue weighted by atomic mass is 35.5. The summed E-state index contributed by atoms with van der Waals surface area (Å²) >= 11 is 5.81. The van der Waals surface area contributed by atoms with E-state index < -0.39 is 17.6 Å². The predicted octanol–water partition coefficient (Wildman–Crippen LogP) is 1.44. The molecule has 110 valence electrons. The van der Waals surface area contributed by atoms with Gasteiger partial charge in [0.1, 0.15) is 5.82 Å². The molecule has 1 aliphatic heterocycles. The Balaban J connectivity index is 1.94. The van der Waals surface area contributed by atoms with Crippen LogP contribution < -0.4 is 10.9 Å². The van der Waals surface area contributed by atoms with Gasteiger partial charge in [0.05, 0.1) is 17.2 Å². The molecule has 1 atom stereocenters. The number of amides is 2. The lowest BCUT2D eigenvalue weighted by Crippen LogP contribution is -2.29. The fourth-order valence-electron chi connectivity index (χ4n) is 1.76. The number of hydrogen-bond acceptors (Lipinski definition) is 4. The first-order valence-electron chi connectivity index (χ1n) is 6.09. The average Bonchev–Trinajstić information content (AvgIpc) is 2.74. The zero-order chi connectivity index (χ0) is 15.4. The lowest BCUT2D eigenvalue weighted by atomic mass is 10.0. The molecule has 1 aromatic rings. The summed E-state index contributed by atoms with van der Waals surface area (Å²) in [5, 5.41) is 7.56. The van der Waals surface area contributed by atoms with E-state index in [-0.39, 0.29) is 22.9 Å². The molecule has 1 heterocycles. The Morgan fingerprint density at radius 2 is 2.38 bits per heavy atom. The third-order valence-corrected chi connectivity index (χ3v) is 3.26. The molecule has 2 rings (SSSR count). The first-order valence-corrected chi connectivity index (χ1v) is 6.47. The predicted molar refractivity (Wildman–Crippen MR) is 76.5 cm³/mol. The van der Waals surface area contributed by atoms with Gasteiger partial charge in [0, 0.05) is 17.7 Å². The van der Waals surface area contributed by atoms with Crippen LogP contribution in [0.2, 0.25) is 5.02 Å². The summed E-state index contributed by atoms with van der Waals surface area (Å²) in [4.78, 5) is 23.1. The fraction of sp³-hybridized carbons (Fsp3) is 0.231. The second kappa shape index (κ2) is 6.45. The van der Waals surface area contributed by atoms with Crippen LogP contribution in [0, 0.1) is 11.7 Å². The monoisotopic (exact) mass is 310 g/mol. The molecule has 21 heavy (non-hydrogen) atoms. The third kappa shape index (κ3) is 3.63. The molecular formula is C13H12ClFN4O2. The van der Waals surface area contributed by atoms with Crippen molar-refractivity contribution >= 4 is 35.3 Å². The van der Waals surface area contributed by atoms with Gasteiger partial charge in [-0.2, -0.15) is 10.2 Å². The van der Waals surface area contributed by atoms with Crippen molar-refractivity contribution in [3.63, 3.8) is 0 Å². The Hall–Kier alpha value is -2.28. The molecule has 0 saturated heterocycles. The highest BCUT2D eigenvalue weighted by molar-refractivity contribution is 6.33. The third-order valence-electron chi connectivity index (χ3n) is 2.94. The van der Waals surface area contributed by atoms with Crippen LogP contribution in [0.4, 0.5) is 4.39 Å². The number of hydrazone groups is 2. The van der Waals surface area contributed by atoms with E-state index in [1.807, 2.05) is 0 Å². The van der Waals surface area contributed by atoms with Crippen molar-refractivity contribution in [2.75, 3.05) is 0 Å². The van der Waals surface area contributed by atoms with Gasteiger partial charge in [-0.1, -0.05) is 17.7 Å². The van der Waals surface area contributed by atoms with E-state index >= 15 is 0 Å². The molecular weight excluding hydrogens is 299 g/mol. The second-order valence-electron chi connectivity index (χ2n) is 4.41. The van der Waals surface area contributed by atoms with Gasteiger partial charge in [-0.25, -0.2) is 15.2 Å². The number of nitrogens with one attached hydrogen (secondary N) is 2. The number of hydrogen-bond donors (Lipinski definition) is 2. The van der Waals surface area contributed by atoms with Crippen LogP contribution in [0.1, 0.15) is 18.9 Å². The van der Waals surface area contributed by atoms with Crippen molar-refractivity contribution in [3.8, 4) is 0 Å². The molecule has 1 aromatic carbocycles. The van der Waals surface area contributed by atoms with E-state index in [2.05, 4.69) is 21.1 Å². The Morgan fingerprint density at radius 1 is 1.62 bits per heavy atom. The van der Waals surface area contributed by atoms with Crippen LogP contribution in [-0.2, 0) is 9.59 Å². The molecule has 0 aromatic heterocycles. The van der Waals surface area contributed by atoms with Crippen molar-refractivity contribution in [2.24, 2.45) is 16.1 Å². The van der Waals surface area contributed by atoms with Crippen LogP contribution in [0.3, 0.4) is 0 Å². The zero-order valence-electron chi connectivity index (χ0n) is 11.1. The van der Waals surface area contributed by atoms with E-state index in [4.69, 9.17) is 11.6 Å². The van der Waals surface area contributed by atoms with Gasteiger partial charge in [0.25, 0.3) is 0 Å². The molecule has 2 amide bonds.